The summed E-state index contributed by atoms with van der Waals surface area (Å²) in [4.78, 5) is 22.1. The van der Waals surface area contributed by atoms with Crippen LogP contribution in [0.3, 0.4) is 0 Å². The van der Waals surface area contributed by atoms with Gasteiger partial charge in [0, 0.05) is 17.4 Å². The summed E-state index contributed by atoms with van der Waals surface area (Å²) >= 11 is 1.31. The lowest BCUT2D eigenvalue weighted by molar-refractivity contribution is -0.385. The molecule has 1 aromatic carbocycles. The summed E-state index contributed by atoms with van der Waals surface area (Å²) in [6, 6.07) is 8.34. The Kier molecular flexibility index (Phi) is 5.03. The number of furan rings is 1. The molecule has 0 atom stereocenters. The summed E-state index contributed by atoms with van der Waals surface area (Å²) in [5.41, 5.74) is 6.79. The van der Waals surface area contributed by atoms with E-state index in [0.29, 0.717) is 28.1 Å². The number of carbonyl (C=O) groups excluding carboxylic acids is 1. The second kappa shape index (κ2) is 7.40. The van der Waals surface area contributed by atoms with Gasteiger partial charge in [-0.15, -0.1) is 10.2 Å². The number of amides is 1. The van der Waals surface area contributed by atoms with Crippen LogP contribution in [-0.4, -0.2) is 25.6 Å². The van der Waals surface area contributed by atoms with Gasteiger partial charge in [0.2, 0.25) is 11.7 Å². The molecule has 0 aliphatic carbocycles. The number of nitrogens with two attached hydrogens (primary N) is 1. The maximum absolute atomic E-state index is 11.4. The Morgan fingerprint density at radius 1 is 1.35 bits per heavy atom. The molecule has 3 rings (SSSR count). The van der Waals surface area contributed by atoms with Crippen molar-refractivity contribution < 1.29 is 14.1 Å². The highest BCUT2D eigenvalue weighted by Gasteiger charge is 2.19. The van der Waals surface area contributed by atoms with Gasteiger partial charge in [-0.3, -0.25) is 19.5 Å². The van der Waals surface area contributed by atoms with Crippen molar-refractivity contribution in [1.29, 1.82) is 0 Å². The molecular weight excluding hydrogens is 358 g/mol. The number of thioether (sulfide) groups is 1. The van der Waals surface area contributed by atoms with Crippen molar-refractivity contribution in [3.63, 3.8) is 0 Å². The van der Waals surface area contributed by atoms with Crippen LogP contribution >= 0.6 is 11.8 Å². The largest absolute Gasteiger partial charge is 0.461 e. The molecular formula is C16H15N5O4S. The van der Waals surface area contributed by atoms with Crippen LogP contribution in [0.5, 0.6) is 0 Å². The standard InChI is InChI=1S/C16H15N5O4S/c1-10-11(4-2-5-12(10)21(23)24)9-26-16-19-18-15(13-6-3-7-25-13)20(16)8-14(17)22/h2-7H,8-9H2,1H3,(H2,17,22). The average molecular weight is 373 g/mol. The zero-order valence-electron chi connectivity index (χ0n) is 13.8. The van der Waals surface area contributed by atoms with E-state index in [9.17, 15) is 14.9 Å². The van der Waals surface area contributed by atoms with Crippen molar-refractivity contribution in [2.75, 3.05) is 0 Å². The van der Waals surface area contributed by atoms with Crippen molar-refractivity contribution >= 4 is 23.4 Å². The Labute approximate surface area is 152 Å². The van der Waals surface area contributed by atoms with Crippen LogP contribution in [0.15, 0.2) is 46.2 Å². The third-order valence-electron chi connectivity index (χ3n) is 3.74. The Bertz CT molecular complexity index is 952. The molecule has 0 unspecified atom stereocenters. The van der Waals surface area contributed by atoms with E-state index in [4.69, 9.17) is 10.2 Å². The van der Waals surface area contributed by atoms with E-state index in [0.717, 1.165) is 5.56 Å². The number of nitrogens with zero attached hydrogens (tertiary/aromatic N) is 4. The molecule has 9 nitrogen and oxygen atoms in total. The Balaban J connectivity index is 1.88. The number of nitro groups is 1. The molecule has 0 aliphatic rings. The molecule has 0 aliphatic heterocycles. The minimum absolute atomic E-state index is 0.0676. The smallest absolute Gasteiger partial charge is 0.272 e. The van der Waals surface area contributed by atoms with Gasteiger partial charge in [0.15, 0.2) is 10.9 Å². The van der Waals surface area contributed by atoms with Crippen LogP contribution < -0.4 is 5.73 Å². The topological polar surface area (TPSA) is 130 Å². The highest BCUT2D eigenvalue weighted by Crippen LogP contribution is 2.29. The third kappa shape index (κ3) is 3.59. The molecule has 2 N–H and O–H groups in total. The first-order chi connectivity index (χ1) is 12.5. The summed E-state index contributed by atoms with van der Waals surface area (Å²) in [5, 5.41) is 19.7. The Morgan fingerprint density at radius 2 is 2.15 bits per heavy atom. The minimum Gasteiger partial charge on any atom is -0.461 e. The molecule has 10 heteroatoms. The fourth-order valence-corrected chi connectivity index (χ4v) is 3.45. The van der Waals surface area contributed by atoms with Crippen LogP contribution in [0, 0.1) is 17.0 Å². The van der Waals surface area contributed by atoms with Gasteiger partial charge in [0.05, 0.1) is 11.2 Å². The summed E-state index contributed by atoms with van der Waals surface area (Å²) < 4.78 is 6.89. The molecule has 2 heterocycles. The number of aromatic nitrogens is 3. The van der Waals surface area contributed by atoms with Crippen molar-refractivity contribution in [2.24, 2.45) is 5.73 Å². The molecule has 134 valence electrons. The van der Waals surface area contributed by atoms with Gasteiger partial charge in [0.1, 0.15) is 6.54 Å². The predicted molar refractivity (Wildman–Crippen MR) is 94.3 cm³/mol. The monoisotopic (exact) mass is 373 g/mol. The zero-order valence-corrected chi connectivity index (χ0v) is 14.6. The number of primary amides is 1. The maximum Gasteiger partial charge on any atom is 0.272 e. The quantitative estimate of drug-likeness (QED) is 0.382. The molecule has 0 saturated heterocycles. The van der Waals surface area contributed by atoms with Gasteiger partial charge < -0.3 is 10.2 Å². The second-order valence-corrected chi connectivity index (χ2v) is 6.39. The number of hydrogen-bond donors (Lipinski definition) is 1. The normalized spacial score (nSPS) is 10.8. The first kappa shape index (κ1) is 17.7. The predicted octanol–water partition coefficient (Wildman–Crippen LogP) is 2.53. The van der Waals surface area contributed by atoms with Crippen LogP contribution in [0.25, 0.3) is 11.6 Å². The zero-order chi connectivity index (χ0) is 18.7. The number of carbonyl (C=O) groups is 1. The van der Waals surface area contributed by atoms with Crippen LogP contribution in [-0.2, 0) is 17.1 Å². The van der Waals surface area contributed by atoms with E-state index in [1.54, 1.807) is 29.7 Å². The van der Waals surface area contributed by atoms with E-state index >= 15 is 0 Å². The Hall–Kier alpha value is -3.14. The Morgan fingerprint density at radius 3 is 2.81 bits per heavy atom. The van der Waals surface area contributed by atoms with Gasteiger partial charge in [-0.2, -0.15) is 0 Å². The highest BCUT2D eigenvalue weighted by molar-refractivity contribution is 7.98. The molecule has 3 aromatic rings. The van der Waals surface area contributed by atoms with Crippen molar-refractivity contribution in [1.82, 2.24) is 14.8 Å². The van der Waals surface area contributed by atoms with E-state index in [1.165, 1.54) is 24.1 Å². The lowest BCUT2D eigenvalue weighted by Crippen LogP contribution is -2.19. The first-order valence-corrected chi connectivity index (χ1v) is 8.57. The molecule has 26 heavy (non-hydrogen) atoms. The summed E-state index contributed by atoms with van der Waals surface area (Å²) in [5.74, 6) is 0.762. The number of rotatable bonds is 7. The highest BCUT2D eigenvalue weighted by atomic mass is 32.2. The van der Waals surface area contributed by atoms with Crippen molar-refractivity contribution in [3.8, 4) is 11.6 Å². The van der Waals surface area contributed by atoms with E-state index in [-0.39, 0.29) is 12.2 Å². The fraction of sp³-hybridized carbons (Fsp3) is 0.188. The van der Waals surface area contributed by atoms with Crippen LogP contribution in [0.1, 0.15) is 11.1 Å². The minimum atomic E-state index is -0.536. The third-order valence-corrected chi connectivity index (χ3v) is 4.76. The molecule has 0 saturated carbocycles. The summed E-state index contributed by atoms with van der Waals surface area (Å²) in [6.07, 6.45) is 1.50. The van der Waals surface area contributed by atoms with Crippen LogP contribution in [0.2, 0.25) is 0 Å². The summed E-state index contributed by atoms with van der Waals surface area (Å²) in [6.45, 7) is 1.61. The lowest BCUT2D eigenvalue weighted by atomic mass is 10.1. The number of hydrogen-bond acceptors (Lipinski definition) is 7. The van der Waals surface area contributed by atoms with Gasteiger partial charge in [0.25, 0.3) is 5.69 Å². The summed E-state index contributed by atoms with van der Waals surface area (Å²) in [7, 11) is 0. The SMILES string of the molecule is Cc1c(CSc2nnc(-c3ccco3)n2CC(N)=O)cccc1[N+](=O)[O-]. The van der Waals surface area contributed by atoms with E-state index in [2.05, 4.69) is 10.2 Å². The number of nitro benzene ring substituents is 1. The van der Waals surface area contributed by atoms with Crippen molar-refractivity contribution in [3.05, 3.63) is 57.8 Å². The van der Waals surface area contributed by atoms with Gasteiger partial charge in [-0.05, 0) is 24.6 Å². The van der Waals surface area contributed by atoms with Gasteiger partial charge in [-0.25, -0.2) is 0 Å². The van der Waals surface area contributed by atoms with Crippen molar-refractivity contribution in [2.45, 2.75) is 24.4 Å². The van der Waals surface area contributed by atoms with Crippen LogP contribution in [0.4, 0.5) is 5.69 Å². The van der Waals surface area contributed by atoms with Gasteiger partial charge in [-0.1, -0.05) is 23.9 Å². The fourth-order valence-electron chi connectivity index (χ4n) is 2.45. The average Bonchev–Trinajstić information content (AvgIpc) is 3.23. The second-order valence-electron chi connectivity index (χ2n) is 5.44. The molecule has 0 bridgehead atoms. The first-order valence-electron chi connectivity index (χ1n) is 7.58. The molecule has 1 amide bonds. The molecule has 0 radical (unpaired) electrons. The molecule has 2 aromatic heterocycles. The number of benzene rings is 1. The van der Waals surface area contributed by atoms with E-state index in [1.807, 2.05) is 6.07 Å². The maximum atomic E-state index is 11.4. The van der Waals surface area contributed by atoms with Gasteiger partial charge >= 0.3 is 0 Å². The lowest BCUT2D eigenvalue weighted by Gasteiger charge is -2.08. The molecule has 0 spiro atoms. The molecule has 0 fully saturated rings. The van der Waals surface area contributed by atoms with E-state index < -0.39 is 10.8 Å².